The van der Waals surface area contributed by atoms with Crippen LogP contribution < -0.4 is 5.32 Å². The van der Waals surface area contributed by atoms with Crippen molar-refractivity contribution in [1.82, 2.24) is 9.97 Å². The lowest BCUT2D eigenvalue weighted by molar-refractivity contribution is -0.385. The summed E-state index contributed by atoms with van der Waals surface area (Å²) in [6.45, 7) is 6.14. The van der Waals surface area contributed by atoms with Crippen molar-refractivity contribution in [2.45, 2.75) is 45.3 Å². The van der Waals surface area contributed by atoms with Crippen molar-refractivity contribution in [1.29, 1.82) is 0 Å². The van der Waals surface area contributed by atoms with E-state index in [2.05, 4.69) is 15.3 Å². The van der Waals surface area contributed by atoms with Gasteiger partial charge in [-0.15, -0.1) is 0 Å². The summed E-state index contributed by atoms with van der Waals surface area (Å²) in [5.74, 6) is 0.176. The van der Waals surface area contributed by atoms with Crippen LogP contribution in [-0.2, 0) is 4.74 Å². The van der Waals surface area contributed by atoms with Gasteiger partial charge in [-0.05, 0) is 45.2 Å². The van der Waals surface area contributed by atoms with Crippen LogP contribution in [0.5, 0.6) is 0 Å². The topological polar surface area (TPSA) is 90.2 Å². The fraction of sp³-hybridized carbons (Fsp3) is 0.667. The number of aromatic nitrogens is 2. The molecule has 1 atom stereocenters. The molecule has 1 unspecified atom stereocenters. The fourth-order valence-electron chi connectivity index (χ4n) is 2.40. The Kier molecular flexibility index (Phi) is 4.10. The third-order valence-corrected chi connectivity index (χ3v) is 3.42. The summed E-state index contributed by atoms with van der Waals surface area (Å²) in [7, 11) is 0. The molecule has 0 radical (unpaired) electrons. The van der Waals surface area contributed by atoms with Crippen LogP contribution in [0.2, 0.25) is 5.28 Å². The molecule has 2 rings (SSSR count). The largest absolute Gasteiger partial charge is 0.375 e. The normalized spacial score (nSPS) is 21.5. The van der Waals surface area contributed by atoms with Gasteiger partial charge in [-0.2, -0.15) is 4.98 Å². The highest BCUT2D eigenvalue weighted by molar-refractivity contribution is 6.28. The van der Waals surface area contributed by atoms with Crippen LogP contribution in [0.25, 0.3) is 0 Å². The average Bonchev–Trinajstić information content (AvgIpc) is 2.25. The lowest BCUT2D eigenvalue weighted by atomic mass is 9.94. The van der Waals surface area contributed by atoms with E-state index in [0.29, 0.717) is 6.61 Å². The molecular formula is C12H17ClN4O3. The van der Waals surface area contributed by atoms with Crippen molar-refractivity contribution in [3.05, 3.63) is 21.1 Å². The van der Waals surface area contributed by atoms with Gasteiger partial charge in [0, 0.05) is 12.6 Å². The quantitative estimate of drug-likeness (QED) is 0.524. The maximum atomic E-state index is 11.1. The zero-order chi connectivity index (χ0) is 14.9. The summed E-state index contributed by atoms with van der Waals surface area (Å²) < 4.78 is 5.63. The molecule has 1 aromatic heterocycles. The van der Waals surface area contributed by atoms with Crippen LogP contribution in [0.3, 0.4) is 0 Å². The van der Waals surface area contributed by atoms with Crippen molar-refractivity contribution < 1.29 is 9.66 Å². The maximum absolute atomic E-state index is 11.1. The van der Waals surface area contributed by atoms with Crippen LogP contribution in [0, 0.1) is 17.0 Å². The molecule has 0 saturated carbocycles. The van der Waals surface area contributed by atoms with Gasteiger partial charge >= 0.3 is 5.69 Å². The molecule has 1 aliphatic heterocycles. The number of rotatable bonds is 3. The molecule has 0 aliphatic carbocycles. The Balaban J connectivity index is 2.26. The van der Waals surface area contributed by atoms with Crippen molar-refractivity contribution in [2.75, 3.05) is 11.9 Å². The summed E-state index contributed by atoms with van der Waals surface area (Å²) in [4.78, 5) is 18.4. The molecule has 0 amide bonds. The summed E-state index contributed by atoms with van der Waals surface area (Å²) in [5, 5.41) is 14.3. The first-order chi connectivity index (χ1) is 9.28. The molecule has 1 fully saturated rings. The van der Waals surface area contributed by atoms with E-state index in [1.54, 1.807) is 6.92 Å². The first kappa shape index (κ1) is 14.9. The molecule has 20 heavy (non-hydrogen) atoms. The van der Waals surface area contributed by atoms with Gasteiger partial charge in [-0.3, -0.25) is 10.1 Å². The van der Waals surface area contributed by atoms with Crippen LogP contribution in [-0.4, -0.2) is 33.1 Å². The second kappa shape index (κ2) is 5.49. The minimum atomic E-state index is -0.488. The number of ether oxygens (including phenoxy) is 1. The predicted molar refractivity (Wildman–Crippen MR) is 75.1 cm³/mol. The summed E-state index contributed by atoms with van der Waals surface area (Å²) >= 11 is 5.79. The highest BCUT2D eigenvalue weighted by atomic mass is 35.5. The minimum Gasteiger partial charge on any atom is -0.375 e. The predicted octanol–water partition coefficient (Wildman–Crippen LogP) is 2.72. The summed E-state index contributed by atoms with van der Waals surface area (Å²) in [6.07, 6.45) is 1.51. The van der Waals surface area contributed by atoms with E-state index in [0.717, 1.165) is 12.8 Å². The number of nitrogens with one attached hydrogen (secondary N) is 1. The van der Waals surface area contributed by atoms with E-state index >= 15 is 0 Å². The van der Waals surface area contributed by atoms with Crippen LogP contribution in [0.4, 0.5) is 11.5 Å². The van der Waals surface area contributed by atoms with Crippen molar-refractivity contribution in [3.63, 3.8) is 0 Å². The Morgan fingerprint density at radius 3 is 2.80 bits per heavy atom. The van der Waals surface area contributed by atoms with Gasteiger partial charge in [0.15, 0.2) is 0 Å². The van der Waals surface area contributed by atoms with Gasteiger partial charge in [0.05, 0.1) is 10.5 Å². The van der Waals surface area contributed by atoms with E-state index in [1.165, 1.54) is 0 Å². The minimum absolute atomic E-state index is 0.00178. The molecule has 1 aliphatic rings. The smallest absolute Gasteiger partial charge is 0.332 e. The fourth-order valence-corrected chi connectivity index (χ4v) is 2.61. The van der Waals surface area contributed by atoms with E-state index in [-0.39, 0.29) is 34.1 Å². The molecule has 8 heteroatoms. The van der Waals surface area contributed by atoms with Gasteiger partial charge in [-0.1, -0.05) is 0 Å². The Labute approximate surface area is 121 Å². The molecule has 2 heterocycles. The lowest BCUT2D eigenvalue weighted by Gasteiger charge is -2.35. The van der Waals surface area contributed by atoms with Crippen LogP contribution >= 0.6 is 11.6 Å². The third kappa shape index (κ3) is 3.34. The Bertz CT molecular complexity index is 536. The highest BCUT2D eigenvalue weighted by Gasteiger charge is 2.31. The van der Waals surface area contributed by atoms with E-state index < -0.39 is 4.92 Å². The van der Waals surface area contributed by atoms with E-state index in [4.69, 9.17) is 16.3 Å². The lowest BCUT2D eigenvalue weighted by Crippen LogP contribution is -2.40. The second-order valence-corrected chi connectivity index (χ2v) is 5.81. The number of halogens is 1. The van der Waals surface area contributed by atoms with Crippen molar-refractivity contribution >= 4 is 23.1 Å². The van der Waals surface area contributed by atoms with Gasteiger partial charge in [-0.25, -0.2) is 4.98 Å². The molecular weight excluding hydrogens is 284 g/mol. The van der Waals surface area contributed by atoms with Crippen LogP contribution in [0.15, 0.2) is 0 Å². The molecule has 1 N–H and O–H groups in total. The van der Waals surface area contributed by atoms with Crippen LogP contribution in [0.1, 0.15) is 32.4 Å². The third-order valence-electron chi connectivity index (χ3n) is 3.25. The van der Waals surface area contributed by atoms with E-state index in [1.807, 2.05) is 13.8 Å². The Morgan fingerprint density at radius 1 is 1.50 bits per heavy atom. The SMILES string of the molecule is Cc1nc(Cl)nc(NC2CCOC(C)(C)C2)c1[N+](=O)[O-]. The molecule has 0 spiro atoms. The van der Waals surface area contributed by atoms with Crippen molar-refractivity contribution in [2.24, 2.45) is 0 Å². The number of nitrogens with zero attached hydrogens (tertiary/aromatic N) is 3. The molecule has 1 aromatic rings. The van der Waals surface area contributed by atoms with Gasteiger partial charge in [0.2, 0.25) is 11.1 Å². The summed E-state index contributed by atoms with van der Waals surface area (Å²) in [6, 6.07) is 0.0582. The monoisotopic (exact) mass is 300 g/mol. The zero-order valence-corrected chi connectivity index (χ0v) is 12.4. The maximum Gasteiger partial charge on any atom is 0.332 e. The van der Waals surface area contributed by atoms with E-state index in [9.17, 15) is 10.1 Å². The molecule has 1 saturated heterocycles. The first-order valence-corrected chi connectivity index (χ1v) is 6.75. The van der Waals surface area contributed by atoms with Crippen molar-refractivity contribution in [3.8, 4) is 0 Å². The standard InChI is InChI=1S/C12H17ClN4O3/c1-7-9(17(18)19)10(16-11(13)14-7)15-8-4-5-20-12(2,3)6-8/h8H,4-6H2,1-3H3,(H,14,15,16). The zero-order valence-electron chi connectivity index (χ0n) is 11.6. The molecule has 110 valence electrons. The Hall–Kier alpha value is -1.47. The van der Waals surface area contributed by atoms with Gasteiger partial charge in [0.25, 0.3) is 0 Å². The number of hydrogen-bond acceptors (Lipinski definition) is 6. The average molecular weight is 301 g/mol. The second-order valence-electron chi connectivity index (χ2n) is 5.47. The highest BCUT2D eigenvalue weighted by Crippen LogP contribution is 2.31. The molecule has 0 aromatic carbocycles. The molecule has 7 nitrogen and oxygen atoms in total. The summed E-state index contributed by atoms with van der Waals surface area (Å²) in [5.41, 5.74) is -0.126. The number of nitro groups is 1. The van der Waals surface area contributed by atoms with Gasteiger partial charge in [0.1, 0.15) is 5.69 Å². The Morgan fingerprint density at radius 2 is 2.20 bits per heavy atom. The van der Waals surface area contributed by atoms with Gasteiger partial charge < -0.3 is 10.1 Å². The number of anilines is 1. The number of hydrogen-bond donors (Lipinski definition) is 1. The number of aryl methyl sites for hydroxylation is 1. The molecule has 0 bridgehead atoms. The first-order valence-electron chi connectivity index (χ1n) is 6.37.